The van der Waals surface area contributed by atoms with Crippen LogP contribution in [0, 0.1) is 0 Å². The number of imide groups is 1. The van der Waals surface area contributed by atoms with Crippen molar-refractivity contribution in [2.45, 2.75) is 51.7 Å². The van der Waals surface area contributed by atoms with E-state index >= 15 is 0 Å². The zero-order valence-electron chi connectivity index (χ0n) is 19.9. The molecule has 2 aliphatic heterocycles. The van der Waals surface area contributed by atoms with E-state index in [0.29, 0.717) is 23.7 Å². The predicted molar refractivity (Wildman–Crippen MR) is 127 cm³/mol. The number of anilines is 1. The molecule has 1 aromatic carbocycles. The van der Waals surface area contributed by atoms with Gasteiger partial charge in [-0.3, -0.25) is 29.4 Å². The summed E-state index contributed by atoms with van der Waals surface area (Å²) in [4.78, 5) is 53.0. The molecule has 2 amide bonds. The van der Waals surface area contributed by atoms with E-state index in [9.17, 15) is 19.2 Å². The highest BCUT2D eigenvalue weighted by molar-refractivity contribution is 5.99. The maximum atomic E-state index is 13.0. The molecule has 4 rings (SSSR count). The van der Waals surface area contributed by atoms with Crippen molar-refractivity contribution in [3.8, 4) is 0 Å². The molecule has 2 aliphatic rings. The van der Waals surface area contributed by atoms with E-state index in [0.717, 1.165) is 31.9 Å². The lowest BCUT2D eigenvalue weighted by Crippen LogP contribution is -2.47. The van der Waals surface area contributed by atoms with Crippen molar-refractivity contribution in [1.82, 2.24) is 20.0 Å². The first-order valence-electron chi connectivity index (χ1n) is 11.7. The number of piperazine rings is 1. The average molecular weight is 470 g/mol. The summed E-state index contributed by atoms with van der Waals surface area (Å²) in [5.41, 5.74) is 0.191. The fourth-order valence-corrected chi connectivity index (χ4v) is 4.36. The smallest absolute Gasteiger partial charge is 0.307 e. The Kier molecular flexibility index (Phi) is 6.70. The first-order valence-corrected chi connectivity index (χ1v) is 11.7. The molecule has 182 valence electrons. The normalized spacial score (nSPS) is 19.9. The Bertz CT molecular complexity index is 1160. The van der Waals surface area contributed by atoms with E-state index < -0.39 is 17.6 Å². The highest BCUT2D eigenvalue weighted by Crippen LogP contribution is 2.23. The molecule has 2 saturated heterocycles. The van der Waals surface area contributed by atoms with Crippen LogP contribution in [0.5, 0.6) is 0 Å². The number of ether oxygens (including phenoxy) is 1. The molecule has 34 heavy (non-hydrogen) atoms. The van der Waals surface area contributed by atoms with Crippen molar-refractivity contribution in [3.05, 3.63) is 34.7 Å². The maximum absolute atomic E-state index is 13.0. The van der Waals surface area contributed by atoms with Crippen LogP contribution in [0.2, 0.25) is 0 Å². The standard InChI is InChI=1S/C24H31N5O5/c1-24(2,3)34-21(31)8-9-27-10-12-28(13-11-27)17-4-5-18-16(14-17)15-25-29(23(18)33)19-6-7-20(30)26-22(19)32/h4-5,14-15,19H,6-13H2,1-3H3,(H,26,30,32). The number of carbonyl (C=O) groups excluding carboxylic acids is 3. The number of aromatic nitrogens is 2. The molecular formula is C24H31N5O5. The van der Waals surface area contributed by atoms with Crippen LogP contribution in [0.15, 0.2) is 29.2 Å². The van der Waals surface area contributed by atoms with Crippen LogP contribution in [0.25, 0.3) is 10.8 Å². The molecule has 0 spiro atoms. The van der Waals surface area contributed by atoms with Crippen molar-refractivity contribution in [2.24, 2.45) is 0 Å². The molecule has 1 atom stereocenters. The van der Waals surface area contributed by atoms with Gasteiger partial charge in [0.15, 0.2) is 0 Å². The summed E-state index contributed by atoms with van der Waals surface area (Å²) in [5, 5.41) is 7.69. The largest absolute Gasteiger partial charge is 0.460 e. The zero-order chi connectivity index (χ0) is 24.5. The minimum Gasteiger partial charge on any atom is -0.460 e. The van der Waals surface area contributed by atoms with Crippen LogP contribution in [0.1, 0.15) is 46.1 Å². The number of hydrogen-bond acceptors (Lipinski definition) is 8. The van der Waals surface area contributed by atoms with Gasteiger partial charge in [-0.15, -0.1) is 0 Å². The molecule has 2 aromatic rings. The molecule has 10 heteroatoms. The summed E-state index contributed by atoms with van der Waals surface area (Å²) in [5.74, 6) is -1.00. The van der Waals surface area contributed by atoms with Crippen molar-refractivity contribution >= 4 is 34.2 Å². The molecule has 3 heterocycles. The highest BCUT2D eigenvalue weighted by atomic mass is 16.6. The van der Waals surface area contributed by atoms with Crippen LogP contribution in [-0.2, 0) is 19.1 Å². The second-order valence-electron chi connectivity index (χ2n) is 9.80. The molecule has 0 aliphatic carbocycles. The summed E-state index contributed by atoms with van der Waals surface area (Å²) < 4.78 is 6.55. The lowest BCUT2D eigenvalue weighted by molar-refractivity contribution is -0.155. The maximum Gasteiger partial charge on any atom is 0.307 e. The van der Waals surface area contributed by atoms with E-state index in [4.69, 9.17) is 4.74 Å². The van der Waals surface area contributed by atoms with Crippen LogP contribution >= 0.6 is 0 Å². The molecular weight excluding hydrogens is 438 g/mol. The number of nitrogens with one attached hydrogen (secondary N) is 1. The number of carbonyl (C=O) groups is 3. The minimum absolute atomic E-state index is 0.181. The van der Waals surface area contributed by atoms with E-state index in [-0.39, 0.29) is 30.3 Å². The van der Waals surface area contributed by atoms with E-state index in [2.05, 4.69) is 20.2 Å². The topological polar surface area (TPSA) is 114 Å². The van der Waals surface area contributed by atoms with Gasteiger partial charge in [0.2, 0.25) is 5.91 Å². The van der Waals surface area contributed by atoms with Gasteiger partial charge in [-0.25, -0.2) is 4.68 Å². The number of esters is 1. The Morgan fingerprint density at radius 2 is 1.88 bits per heavy atom. The van der Waals surface area contributed by atoms with Gasteiger partial charge < -0.3 is 9.64 Å². The highest BCUT2D eigenvalue weighted by Gasteiger charge is 2.30. The monoisotopic (exact) mass is 469 g/mol. The summed E-state index contributed by atoms with van der Waals surface area (Å²) in [6.45, 7) is 9.55. The Labute approximate surface area is 197 Å². The molecule has 0 bridgehead atoms. The number of rotatable bonds is 5. The minimum atomic E-state index is -0.775. The number of fused-ring (bicyclic) bond motifs is 1. The van der Waals surface area contributed by atoms with Gasteiger partial charge in [-0.2, -0.15) is 5.10 Å². The third-order valence-corrected chi connectivity index (χ3v) is 6.09. The van der Waals surface area contributed by atoms with Crippen molar-refractivity contribution in [2.75, 3.05) is 37.6 Å². The SMILES string of the molecule is CC(C)(C)OC(=O)CCN1CCN(c2ccc3c(=O)n(C4CCC(=O)NC4=O)ncc3c2)CC1. The van der Waals surface area contributed by atoms with Crippen LogP contribution in [0.3, 0.4) is 0 Å². The van der Waals surface area contributed by atoms with Crippen LogP contribution < -0.4 is 15.8 Å². The molecule has 2 fully saturated rings. The van der Waals surface area contributed by atoms with Gasteiger partial charge >= 0.3 is 5.97 Å². The lowest BCUT2D eigenvalue weighted by atomic mass is 10.1. The number of hydrogen-bond donors (Lipinski definition) is 1. The van der Waals surface area contributed by atoms with Gasteiger partial charge in [-0.05, 0) is 45.4 Å². The molecule has 0 saturated carbocycles. The molecule has 10 nitrogen and oxygen atoms in total. The van der Waals surface area contributed by atoms with Gasteiger partial charge in [-0.1, -0.05) is 0 Å². The quantitative estimate of drug-likeness (QED) is 0.514. The summed E-state index contributed by atoms with van der Waals surface area (Å²) >= 11 is 0. The van der Waals surface area contributed by atoms with Gasteiger partial charge in [0.05, 0.1) is 18.0 Å². The fraction of sp³-hybridized carbons (Fsp3) is 0.542. The van der Waals surface area contributed by atoms with E-state index in [1.165, 1.54) is 4.68 Å². The predicted octanol–water partition coefficient (Wildman–Crippen LogP) is 1.23. The lowest BCUT2D eigenvalue weighted by Gasteiger charge is -2.36. The first kappa shape index (κ1) is 23.9. The van der Waals surface area contributed by atoms with Gasteiger partial charge in [0, 0.05) is 50.2 Å². The third kappa shape index (κ3) is 5.44. The second-order valence-corrected chi connectivity index (χ2v) is 9.80. The van der Waals surface area contributed by atoms with Gasteiger partial charge in [0.1, 0.15) is 11.6 Å². The Hall–Kier alpha value is -3.27. The number of piperidine rings is 1. The van der Waals surface area contributed by atoms with Crippen LogP contribution in [-0.4, -0.2) is 70.8 Å². The Morgan fingerprint density at radius 1 is 1.15 bits per heavy atom. The summed E-state index contributed by atoms with van der Waals surface area (Å²) in [7, 11) is 0. The second kappa shape index (κ2) is 9.54. The number of nitrogens with zero attached hydrogens (tertiary/aromatic N) is 4. The molecule has 0 radical (unpaired) electrons. The zero-order valence-corrected chi connectivity index (χ0v) is 19.9. The van der Waals surface area contributed by atoms with E-state index in [1.54, 1.807) is 12.3 Å². The van der Waals surface area contributed by atoms with Crippen LogP contribution in [0.4, 0.5) is 5.69 Å². The number of amides is 2. The molecule has 1 N–H and O–H groups in total. The Morgan fingerprint density at radius 3 is 2.56 bits per heavy atom. The third-order valence-electron chi connectivity index (χ3n) is 6.09. The Balaban J connectivity index is 1.39. The first-order chi connectivity index (χ1) is 16.1. The fourth-order valence-electron chi connectivity index (χ4n) is 4.36. The average Bonchev–Trinajstić information content (AvgIpc) is 2.78. The summed E-state index contributed by atoms with van der Waals surface area (Å²) in [6.07, 6.45) is 2.42. The van der Waals surface area contributed by atoms with Gasteiger partial charge in [0.25, 0.3) is 11.5 Å². The molecule has 1 unspecified atom stereocenters. The summed E-state index contributed by atoms with van der Waals surface area (Å²) in [6, 6.07) is 4.85. The van der Waals surface area contributed by atoms with Crippen molar-refractivity contribution in [3.63, 3.8) is 0 Å². The van der Waals surface area contributed by atoms with E-state index in [1.807, 2.05) is 32.9 Å². The molecule has 1 aromatic heterocycles. The van der Waals surface area contributed by atoms with Crippen molar-refractivity contribution in [1.29, 1.82) is 0 Å². The number of benzene rings is 1. The van der Waals surface area contributed by atoms with Crippen molar-refractivity contribution < 1.29 is 19.1 Å².